The van der Waals surface area contributed by atoms with Crippen molar-refractivity contribution in [2.24, 2.45) is 4.99 Å². The molecule has 0 unspecified atom stereocenters. The molecule has 0 spiro atoms. The zero-order chi connectivity index (χ0) is 19.2. The fourth-order valence-electron chi connectivity index (χ4n) is 3.00. The monoisotopic (exact) mass is 367 g/mol. The van der Waals surface area contributed by atoms with Gasteiger partial charge in [0.25, 0.3) is 0 Å². The van der Waals surface area contributed by atoms with Crippen LogP contribution in [0.2, 0.25) is 0 Å². The number of fused-ring (bicyclic) bond motifs is 1. The van der Waals surface area contributed by atoms with Gasteiger partial charge in [-0.25, -0.2) is 4.99 Å². The second-order valence-electron chi connectivity index (χ2n) is 7.11. The number of guanidine groups is 1. The summed E-state index contributed by atoms with van der Waals surface area (Å²) in [5.41, 5.74) is 4.73. The van der Waals surface area contributed by atoms with Crippen LogP contribution in [0.25, 0.3) is 10.9 Å². The van der Waals surface area contributed by atoms with Gasteiger partial charge in [-0.1, -0.05) is 31.1 Å². The van der Waals surface area contributed by atoms with Gasteiger partial charge in [-0.2, -0.15) is 0 Å². The van der Waals surface area contributed by atoms with Crippen molar-refractivity contribution in [3.8, 4) is 0 Å². The van der Waals surface area contributed by atoms with Gasteiger partial charge in [-0.3, -0.25) is 0 Å². The van der Waals surface area contributed by atoms with E-state index in [9.17, 15) is 0 Å². The third kappa shape index (κ3) is 4.90. The predicted molar refractivity (Wildman–Crippen MR) is 110 cm³/mol. The van der Waals surface area contributed by atoms with Crippen molar-refractivity contribution >= 4 is 16.9 Å². The van der Waals surface area contributed by atoms with Crippen molar-refractivity contribution in [2.75, 3.05) is 13.1 Å². The Balaban J connectivity index is 1.58. The van der Waals surface area contributed by atoms with E-state index in [-0.39, 0.29) is 0 Å². The van der Waals surface area contributed by atoms with E-state index in [0.717, 1.165) is 36.9 Å². The summed E-state index contributed by atoms with van der Waals surface area (Å²) in [6, 6.07) is 8.50. The Kier molecular flexibility index (Phi) is 6.16. The van der Waals surface area contributed by atoms with Crippen molar-refractivity contribution in [1.29, 1.82) is 0 Å². The second-order valence-corrected chi connectivity index (χ2v) is 7.11. The minimum absolute atomic E-state index is 0.359. The fourth-order valence-corrected chi connectivity index (χ4v) is 3.00. The van der Waals surface area contributed by atoms with Gasteiger partial charge in [0.2, 0.25) is 0 Å². The van der Waals surface area contributed by atoms with E-state index < -0.39 is 0 Å². The molecule has 6 heteroatoms. The highest BCUT2D eigenvalue weighted by atomic mass is 16.5. The van der Waals surface area contributed by atoms with E-state index in [1.807, 2.05) is 6.07 Å². The maximum Gasteiger partial charge on any atom is 0.191 e. The molecule has 0 aliphatic heterocycles. The molecule has 3 N–H and O–H groups in total. The number of hydrogen-bond acceptors (Lipinski definition) is 3. The number of nitrogens with one attached hydrogen (secondary N) is 3. The number of aryl methyl sites for hydroxylation is 1. The Morgan fingerprint density at radius 3 is 2.85 bits per heavy atom. The molecule has 2 aromatic heterocycles. The van der Waals surface area contributed by atoms with E-state index in [1.165, 1.54) is 22.0 Å². The van der Waals surface area contributed by atoms with Crippen LogP contribution in [0, 0.1) is 6.92 Å². The van der Waals surface area contributed by atoms with Crippen LogP contribution in [-0.4, -0.2) is 29.2 Å². The van der Waals surface area contributed by atoms with Gasteiger partial charge in [-0.05, 0) is 43.4 Å². The number of rotatable bonds is 7. The molecule has 6 nitrogen and oxygen atoms in total. The lowest BCUT2D eigenvalue weighted by molar-refractivity contribution is 0.376. The second kappa shape index (κ2) is 8.75. The Labute approximate surface area is 160 Å². The highest BCUT2D eigenvalue weighted by molar-refractivity contribution is 5.84. The topological polar surface area (TPSA) is 78.2 Å². The Hall–Kier alpha value is -2.76. The van der Waals surface area contributed by atoms with Crippen LogP contribution in [-0.2, 0) is 13.0 Å². The summed E-state index contributed by atoms with van der Waals surface area (Å²) in [7, 11) is 0. The van der Waals surface area contributed by atoms with Gasteiger partial charge >= 0.3 is 0 Å². The van der Waals surface area contributed by atoms with Gasteiger partial charge < -0.3 is 20.1 Å². The summed E-state index contributed by atoms with van der Waals surface area (Å²) in [5.74, 6) is 1.93. The summed E-state index contributed by atoms with van der Waals surface area (Å²) in [6.07, 6.45) is 3.02. The number of hydrogen-bond donors (Lipinski definition) is 3. The quantitative estimate of drug-likeness (QED) is 0.437. The summed E-state index contributed by atoms with van der Waals surface area (Å²) in [6.45, 7) is 10.5. The molecule has 3 aromatic rings. The Morgan fingerprint density at radius 1 is 1.26 bits per heavy atom. The number of aromatic amines is 1. The predicted octanol–water partition coefficient (Wildman–Crippen LogP) is 3.89. The molecule has 0 atom stereocenters. The first kappa shape index (κ1) is 19.0. The van der Waals surface area contributed by atoms with Gasteiger partial charge in [-0.15, -0.1) is 0 Å². The van der Waals surface area contributed by atoms with Crippen molar-refractivity contribution in [1.82, 2.24) is 20.8 Å². The molecule has 3 rings (SSSR count). The summed E-state index contributed by atoms with van der Waals surface area (Å²) >= 11 is 0. The normalized spacial score (nSPS) is 12.1. The SMILES string of the molecule is CCNC(=NCc1cc(C(C)C)no1)NCCc1c[nH]c2cc(C)ccc12. The minimum Gasteiger partial charge on any atom is -0.361 e. The van der Waals surface area contributed by atoms with E-state index in [2.05, 4.69) is 77.9 Å². The molecule has 0 amide bonds. The number of nitrogens with zero attached hydrogens (tertiary/aromatic N) is 2. The molecule has 0 saturated heterocycles. The van der Waals surface area contributed by atoms with Crippen LogP contribution in [0.5, 0.6) is 0 Å². The van der Waals surface area contributed by atoms with E-state index >= 15 is 0 Å². The number of aromatic nitrogens is 2. The number of aliphatic imine (C=N–C) groups is 1. The van der Waals surface area contributed by atoms with Gasteiger partial charge in [0, 0.05) is 36.3 Å². The van der Waals surface area contributed by atoms with Crippen molar-refractivity contribution in [3.05, 3.63) is 53.0 Å². The van der Waals surface area contributed by atoms with E-state index in [1.54, 1.807) is 0 Å². The lowest BCUT2D eigenvalue weighted by atomic mass is 10.1. The van der Waals surface area contributed by atoms with Gasteiger partial charge in [0.1, 0.15) is 6.54 Å². The molecule has 0 saturated carbocycles. The molecule has 0 bridgehead atoms. The molecular formula is C21H29N5O. The zero-order valence-electron chi connectivity index (χ0n) is 16.6. The summed E-state index contributed by atoms with van der Waals surface area (Å²) < 4.78 is 5.36. The van der Waals surface area contributed by atoms with Crippen LogP contribution in [0.4, 0.5) is 0 Å². The first-order valence-corrected chi connectivity index (χ1v) is 9.61. The smallest absolute Gasteiger partial charge is 0.191 e. The standard InChI is InChI=1S/C21H29N5O/c1-5-22-21(25-13-17-11-19(14(2)3)26-27-17)23-9-8-16-12-24-20-10-15(4)6-7-18(16)20/h6-7,10-12,14,24H,5,8-9,13H2,1-4H3,(H2,22,23,25). The lowest BCUT2D eigenvalue weighted by Gasteiger charge is -2.10. The maximum absolute atomic E-state index is 5.36. The van der Waals surface area contributed by atoms with E-state index in [0.29, 0.717) is 12.5 Å². The molecular weight excluding hydrogens is 338 g/mol. The molecule has 144 valence electrons. The molecule has 2 heterocycles. The van der Waals surface area contributed by atoms with Crippen LogP contribution in [0.3, 0.4) is 0 Å². The molecule has 0 fully saturated rings. The molecule has 27 heavy (non-hydrogen) atoms. The van der Waals surface area contributed by atoms with Crippen LogP contribution in [0.1, 0.15) is 49.3 Å². The third-order valence-corrected chi connectivity index (χ3v) is 4.52. The maximum atomic E-state index is 5.36. The number of H-pyrrole nitrogens is 1. The Bertz CT molecular complexity index is 906. The highest BCUT2D eigenvalue weighted by Gasteiger charge is 2.08. The molecule has 0 aliphatic rings. The number of benzene rings is 1. The third-order valence-electron chi connectivity index (χ3n) is 4.52. The van der Waals surface area contributed by atoms with Gasteiger partial charge in [0.15, 0.2) is 11.7 Å². The Morgan fingerprint density at radius 2 is 2.11 bits per heavy atom. The van der Waals surface area contributed by atoms with E-state index in [4.69, 9.17) is 4.52 Å². The minimum atomic E-state index is 0.359. The summed E-state index contributed by atoms with van der Waals surface area (Å²) in [4.78, 5) is 7.96. The van der Waals surface area contributed by atoms with Gasteiger partial charge in [0.05, 0.1) is 5.69 Å². The largest absolute Gasteiger partial charge is 0.361 e. The van der Waals surface area contributed by atoms with Crippen LogP contribution >= 0.6 is 0 Å². The average molecular weight is 367 g/mol. The van der Waals surface area contributed by atoms with Crippen LogP contribution < -0.4 is 10.6 Å². The summed E-state index contributed by atoms with van der Waals surface area (Å²) in [5, 5.41) is 12.0. The van der Waals surface area contributed by atoms with Crippen molar-refractivity contribution in [3.63, 3.8) is 0 Å². The van der Waals surface area contributed by atoms with Crippen LogP contribution in [0.15, 0.2) is 40.0 Å². The fraction of sp³-hybridized carbons (Fsp3) is 0.429. The molecule has 0 radical (unpaired) electrons. The highest BCUT2D eigenvalue weighted by Crippen LogP contribution is 2.19. The van der Waals surface area contributed by atoms with Crippen molar-refractivity contribution in [2.45, 2.75) is 46.6 Å². The molecule has 1 aromatic carbocycles. The zero-order valence-corrected chi connectivity index (χ0v) is 16.6. The lowest BCUT2D eigenvalue weighted by Crippen LogP contribution is -2.38. The molecule has 0 aliphatic carbocycles. The first-order chi connectivity index (χ1) is 13.1. The average Bonchev–Trinajstić information content (AvgIpc) is 3.26. The van der Waals surface area contributed by atoms with Crippen molar-refractivity contribution < 1.29 is 4.52 Å². The first-order valence-electron chi connectivity index (χ1n) is 9.61.